The van der Waals surface area contributed by atoms with Crippen LogP contribution in [0.4, 0.5) is 0 Å². The summed E-state index contributed by atoms with van der Waals surface area (Å²) in [6.07, 6.45) is 0. The van der Waals surface area contributed by atoms with Crippen molar-refractivity contribution in [2.45, 2.75) is 26.2 Å². The average Bonchev–Trinajstić information content (AvgIpc) is 2.89. The van der Waals surface area contributed by atoms with E-state index in [1.165, 1.54) is 5.56 Å². The van der Waals surface area contributed by atoms with Gasteiger partial charge < -0.3 is 4.98 Å². The molecule has 0 aliphatic rings. The highest BCUT2D eigenvalue weighted by Crippen LogP contribution is 2.28. The molecule has 1 N–H and O–H groups in total. The number of H-pyrrole nitrogens is 1. The second-order valence-electron chi connectivity index (χ2n) is 6.42. The Bertz CT molecular complexity index is 825. The Hall–Kier alpha value is -2.53. The van der Waals surface area contributed by atoms with Crippen molar-refractivity contribution in [3.05, 3.63) is 59.7 Å². The maximum absolute atomic E-state index is 8.96. The summed E-state index contributed by atoms with van der Waals surface area (Å²) in [5.41, 5.74) is 5.43. The lowest BCUT2D eigenvalue weighted by Crippen LogP contribution is -2.10. The Morgan fingerprint density at radius 1 is 0.952 bits per heavy atom. The molecule has 1 aromatic heterocycles. The summed E-state index contributed by atoms with van der Waals surface area (Å²) in [6.45, 7) is 6.65. The molecule has 0 fully saturated rings. The number of hydrogen-bond donors (Lipinski definition) is 1. The number of benzene rings is 2. The third kappa shape index (κ3) is 2.55. The van der Waals surface area contributed by atoms with E-state index in [4.69, 9.17) is 5.26 Å². The van der Waals surface area contributed by atoms with Gasteiger partial charge in [-0.2, -0.15) is 5.26 Å². The van der Waals surface area contributed by atoms with E-state index in [-0.39, 0.29) is 5.41 Å². The van der Waals surface area contributed by atoms with Gasteiger partial charge in [-0.15, -0.1) is 0 Å². The molecule has 2 heteroatoms. The van der Waals surface area contributed by atoms with Crippen LogP contribution in [0.5, 0.6) is 0 Å². The summed E-state index contributed by atoms with van der Waals surface area (Å²) >= 11 is 0. The van der Waals surface area contributed by atoms with Crippen LogP contribution >= 0.6 is 0 Å². The molecule has 0 aliphatic heterocycles. The van der Waals surface area contributed by atoms with Gasteiger partial charge in [0, 0.05) is 16.6 Å². The van der Waals surface area contributed by atoms with Crippen LogP contribution in [0, 0.1) is 11.3 Å². The smallest absolute Gasteiger partial charge is 0.0992 e. The number of nitriles is 1. The number of rotatable bonds is 1. The molecule has 0 saturated heterocycles. The van der Waals surface area contributed by atoms with Crippen molar-refractivity contribution in [2.75, 3.05) is 0 Å². The molecule has 3 rings (SSSR count). The first kappa shape index (κ1) is 13.5. The second-order valence-corrected chi connectivity index (χ2v) is 6.42. The van der Waals surface area contributed by atoms with Crippen LogP contribution in [0.15, 0.2) is 48.5 Å². The molecule has 1 heterocycles. The lowest BCUT2D eigenvalue weighted by atomic mass is 9.86. The Kier molecular flexibility index (Phi) is 3.07. The molecule has 0 bridgehead atoms. The summed E-state index contributed by atoms with van der Waals surface area (Å²) in [5, 5.41) is 10.1. The Balaban J connectivity index is 2.02. The molecule has 0 unspecified atom stereocenters. The second kappa shape index (κ2) is 4.79. The molecule has 0 amide bonds. The topological polar surface area (TPSA) is 39.6 Å². The summed E-state index contributed by atoms with van der Waals surface area (Å²) < 4.78 is 0. The van der Waals surface area contributed by atoms with Crippen LogP contribution in [0.2, 0.25) is 0 Å². The van der Waals surface area contributed by atoms with E-state index in [0.717, 1.165) is 22.2 Å². The normalized spacial score (nSPS) is 11.5. The van der Waals surface area contributed by atoms with Gasteiger partial charge in [-0.3, -0.25) is 0 Å². The summed E-state index contributed by atoms with van der Waals surface area (Å²) in [4.78, 5) is 3.39. The average molecular weight is 274 g/mol. The van der Waals surface area contributed by atoms with Crippen LogP contribution in [0.1, 0.15) is 31.9 Å². The molecular formula is C19H18N2. The molecule has 0 aliphatic carbocycles. The number of hydrogen-bond acceptors (Lipinski definition) is 1. The maximum Gasteiger partial charge on any atom is 0.0992 e. The largest absolute Gasteiger partial charge is 0.354 e. The van der Waals surface area contributed by atoms with Crippen LogP contribution in [0.25, 0.3) is 22.2 Å². The van der Waals surface area contributed by atoms with Crippen molar-refractivity contribution in [1.82, 2.24) is 4.98 Å². The molecule has 0 spiro atoms. The fourth-order valence-electron chi connectivity index (χ4n) is 2.50. The van der Waals surface area contributed by atoms with Crippen molar-refractivity contribution < 1.29 is 0 Å². The van der Waals surface area contributed by atoms with Crippen molar-refractivity contribution in [2.24, 2.45) is 0 Å². The number of nitrogens with zero attached hydrogens (tertiary/aromatic N) is 1. The molecule has 0 saturated carbocycles. The third-order valence-corrected chi connectivity index (χ3v) is 3.81. The van der Waals surface area contributed by atoms with E-state index in [1.807, 2.05) is 18.2 Å². The number of nitrogens with one attached hydrogen (secondary N) is 1. The van der Waals surface area contributed by atoms with Gasteiger partial charge in [0.05, 0.1) is 11.6 Å². The quantitative estimate of drug-likeness (QED) is 0.666. The van der Waals surface area contributed by atoms with Gasteiger partial charge in [0.15, 0.2) is 0 Å². The first-order valence-electron chi connectivity index (χ1n) is 7.11. The third-order valence-electron chi connectivity index (χ3n) is 3.81. The van der Waals surface area contributed by atoms with Crippen LogP contribution in [-0.2, 0) is 5.41 Å². The molecule has 0 radical (unpaired) electrons. The fourth-order valence-corrected chi connectivity index (χ4v) is 2.50. The van der Waals surface area contributed by atoms with Crippen molar-refractivity contribution in [1.29, 1.82) is 5.26 Å². The van der Waals surface area contributed by atoms with E-state index in [2.05, 4.69) is 62.2 Å². The van der Waals surface area contributed by atoms with Gasteiger partial charge in [0.25, 0.3) is 0 Å². The van der Waals surface area contributed by atoms with E-state index < -0.39 is 0 Å². The predicted molar refractivity (Wildman–Crippen MR) is 87.1 cm³/mol. The highest BCUT2D eigenvalue weighted by molar-refractivity contribution is 5.86. The molecule has 0 atom stereocenters. The lowest BCUT2D eigenvalue weighted by Gasteiger charge is -2.19. The predicted octanol–water partition coefficient (Wildman–Crippen LogP) is 5.00. The van der Waals surface area contributed by atoms with Gasteiger partial charge in [0.1, 0.15) is 0 Å². The number of aromatic nitrogens is 1. The Morgan fingerprint density at radius 3 is 2.29 bits per heavy atom. The van der Waals surface area contributed by atoms with E-state index in [0.29, 0.717) is 5.56 Å². The Morgan fingerprint density at radius 2 is 1.67 bits per heavy atom. The minimum atomic E-state index is 0.167. The number of aromatic amines is 1. The molecular weight excluding hydrogens is 256 g/mol. The van der Waals surface area contributed by atoms with Gasteiger partial charge in [-0.25, -0.2) is 0 Å². The highest BCUT2D eigenvalue weighted by Gasteiger charge is 2.13. The van der Waals surface area contributed by atoms with E-state index in [9.17, 15) is 0 Å². The fraction of sp³-hybridized carbons (Fsp3) is 0.211. The van der Waals surface area contributed by atoms with Gasteiger partial charge in [-0.1, -0.05) is 51.1 Å². The zero-order chi connectivity index (χ0) is 15.0. The van der Waals surface area contributed by atoms with E-state index >= 15 is 0 Å². The number of fused-ring (bicyclic) bond motifs is 1. The zero-order valence-electron chi connectivity index (χ0n) is 12.6. The van der Waals surface area contributed by atoms with Crippen molar-refractivity contribution in [3.8, 4) is 17.3 Å². The maximum atomic E-state index is 8.96. The standard InChI is InChI=1S/C19H18N2/c1-19(2,3)16-8-6-14(7-9-16)18-11-15-5-4-13(12-20)10-17(15)21-18/h4-11,21H,1-3H3. The highest BCUT2D eigenvalue weighted by atomic mass is 14.7. The van der Waals surface area contributed by atoms with Crippen LogP contribution < -0.4 is 0 Å². The summed E-state index contributed by atoms with van der Waals surface area (Å²) in [5.74, 6) is 0. The molecule has 2 aromatic carbocycles. The monoisotopic (exact) mass is 274 g/mol. The lowest BCUT2D eigenvalue weighted by molar-refractivity contribution is 0.590. The molecule has 3 aromatic rings. The van der Waals surface area contributed by atoms with Crippen molar-refractivity contribution in [3.63, 3.8) is 0 Å². The first-order valence-corrected chi connectivity index (χ1v) is 7.11. The molecule has 104 valence electrons. The minimum Gasteiger partial charge on any atom is -0.354 e. The summed E-state index contributed by atoms with van der Waals surface area (Å²) in [6, 6.07) is 18.7. The summed E-state index contributed by atoms with van der Waals surface area (Å²) in [7, 11) is 0. The zero-order valence-corrected chi connectivity index (χ0v) is 12.6. The van der Waals surface area contributed by atoms with Crippen molar-refractivity contribution >= 4 is 10.9 Å². The molecule has 21 heavy (non-hydrogen) atoms. The SMILES string of the molecule is CC(C)(C)c1ccc(-c2cc3ccc(C#N)cc3[nH]2)cc1. The van der Waals surface area contributed by atoms with Gasteiger partial charge in [-0.05, 0) is 34.7 Å². The minimum absolute atomic E-state index is 0.167. The van der Waals surface area contributed by atoms with Crippen LogP contribution in [-0.4, -0.2) is 4.98 Å². The molecule has 2 nitrogen and oxygen atoms in total. The Labute approximate surface area is 125 Å². The van der Waals surface area contributed by atoms with Gasteiger partial charge >= 0.3 is 0 Å². The van der Waals surface area contributed by atoms with E-state index in [1.54, 1.807) is 0 Å². The van der Waals surface area contributed by atoms with Gasteiger partial charge in [0.2, 0.25) is 0 Å². The first-order chi connectivity index (χ1) is 9.97. The van der Waals surface area contributed by atoms with Crippen LogP contribution in [0.3, 0.4) is 0 Å².